The minimum absolute atomic E-state index is 0.644. The van der Waals surface area contributed by atoms with E-state index >= 15 is 0 Å². The summed E-state index contributed by atoms with van der Waals surface area (Å²) in [6, 6.07) is 0.708. The molecule has 2 aliphatic heterocycles. The first kappa shape index (κ1) is 12.1. The maximum absolute atomic E-state index is 12.3. The molecule has 2 heteroatoms. The number of halogens is 1. The van der Waals surface area contributed by atoms with Gasteiger partial charge in [0.15, 0.2) is 0 Å². The lowest BCUT2D eigenvalue weighted by atomic mass is 9.94. The lowest BCUT2D eigenvalue weighted by molar-refractivity contribution is 0.281. The molecule has 0 bridgehead atoms. The molecule has 0 aromatic carbocycles. The minimum atomic E-state index is 0.644. The summed E-state index contributed by atoms with van der Waals surface area (Å²) in [5, 5.41) is 0. The highest BCUT2D eigenvalue weighted by Crippen LogP contribution is 2.60. The van der Waals surface area contributed by atoms with Crippen LogP contribution in [0.5, 0.6) is 0 Å². The van der Waals surface area contributed by atoms with Gasteiger partial charge in [-0.15, -0.1) is 0 Å². The first-order valence-electron chi connectivity index (χ1n) is 6.59. The van der Waals surface area contributed by atoms with Crippen LogP contribution in [-0.4, -0.2) is 24.0 Å². The van der Waals surface area contributed by atoms with Crippen LogP contribution in [-0.2, 0) is 0 Å². The molecule has 3 aliphatic rings. The Morgan fingerprint density at radius 3 is 2.44 bits per heavy atom. The highest BCUT2D eigenvalue weighted by molar-refractivity contribution is 5.20. The van der Waals surface area contributed by atoms with E-state index in [1.54, 1.807) is 0 Å². The molecule has 0 aromatic heterocycles. The van der Waals surface area contributed by atoms with Crippen molar-refractivity contribution in [1.82, 2.24) is 4.90 Å². The van der Waals surface area contributed by atoms with E-state index in [1.807, 2.05) is 0 Å². The third-order valence-corrected chi connectivity index (χ3v) is 3.95. The third-order valence-electron chi connectivity index (χ3n) is 3.95. The van der Waals surface area contributed by atoms with Crippen molar-refractivity contribution in [2.75, 3.05) is 13.1 Å². The molecule has 2 heterocycles. The number of fused-ring (bicyclic) bond motifs is 2. The standard InChI is InChI=1S/C10H14FN.C4H10/c11-6-8-5-9-10(1-2-10)3-4-12(9)7-8;1-4(2)3/h6,9H,1-5,7H2;4H,1-3H3/b8-6+;. The highest BCUT2D eigenvalue weighted by Gasteiger charge is 2.57. The van der Waals surface area contributed by atoms with Gasteiger partial charge in [0, 0.05) is 12.6 Å². The first-order valence-corrected chi connectivity index (χ1v) is 6.59. The van der Waals surface area contributed by atoms with Gasteiger partial charge in [0.1, 0.15) is 0 Å². The second-order valence-electron chi connectivity index (χ2n) is 6.30. The van der Waals surface area contributed by atoms with Gasteiger partial charge in [-0.25, -0.2) is 4.39 Å². The monoisotopic (exact) mass is 225 g/mol. The second-order valence-corrected chi connectivity index (χ2v) is 6.30. The topological polar surface area (TPSA) is 3.24 Å². The van der Waals surface area contributed by atoms with E-state index in [-0.39, 0.29) is 0 Å². The van der Waals surface area contributed by atoms with Crippen LogP contribution in [0.25, 0.3) is 0 Å². The van der Waals surface area contributed by atoms with Gasteiger partial charge in [0.25, 0.3) is 0 Å². The van der Waals surface area contributed by atoms with Crippen LogP contribution in [0.2, 0.25) is 0 Å². The van der Waals surface area contributed by atoms with E-state index < -0.39 is 0 Å². The zero-order valence-electron chi connectivity index (χ0n) is 10.8. The Balaban J connectivity index is 0.000000212. The summed E-state index contributed by atoms with van der Waals surface area (Å²) < 4.78 is 12.3. The van der Waals surface area contributed by atoms with Gasteiger partial charge in [0.2, 0.25) is 0 Å². The smallest absolute Gasteiger partial charge is 0.0872 e. The molecule has 0 aromatic rings. The summed E-state index contributed by atoms with van der Waals surface area (Å²) in [4.78, 5) is 2.47. The highest BCUT2D eigenvalue weighted by atomic mass is 19.1. The zero-order chi connectivity index (χ0) is 11.8. The van der Waals surface area contributed by atoms with Crippen LogP contribution in [0, 0.1) is 11.3 Å². The van der Waals surface area contributed by atoms with E-state index in [0.717, 1.165) is 30.8 Å². The number of rotatable bonds is 0. The lowest BCUT2D eigenvalue weighted by Crippen LogP contribution is -2.26. The maximum Gasteiger partial charge on any atom is 0.0872 e. The van der Waals surface area contributed by atoms with Gasteiger partial charge < -0.3 is 0 Å². The molecule has 1 spiro atoms. The van der Waals surface area contributed by atoms with Crippen molar-refractivity contribution in [2.24, 2.45) is 11.3 Å². The molecule has 92 valence electrons. The van der Waals surface area contributed by atoms with Crippen molar-refractivity contribution >= 4 is 0 Å². The molecule has 16 heavy (non-hydrogen) atoms. The van der Waals surface area contributed by atoms with Crippen LogP contribution in [0.4, 0.5) is 4.39 Å². The summed E-state index contributed by atoms with van der Waals surface area (Å²) in [6.45, 7) is 8.62. The van der Waals surface area contributed by atoms with Crippen molar-refractivity contribution in [3.05, 3.63) is 11.9 Å². The minimum Gasteiger partial charge on any atom is -0.295 e. The number of hydrogen-bond acceptors (Lipinski definition) is 1. The molecule has 1 saturated carbocycles. The Hall–Kier alpha value is -0.370. The molecule has 3 rings (SSSR count). The molecule has 0 radical (unpaired) electrons. The largest absolute Gasteiger partial charge is 0.295 e. The van der Waals surface area contributed by atoms with Gasteiger partial charge in [-0.2, -0.15) is 0 Å². The van der Waals surface area contributed by atoms with Crippen molar-refractivity contribution in [3.8, 4) is 0 Å². The quantitative estimate of drug-likeness (QED) is 0.606. The van der Waals surface area contributed by atoms with Crippen molar-refractivity contribution in [2.45, 2.75) is 52.5 Å². The normalized spacial score (nSPS) is 33.1. The Labute approximate surface area is 98.7 Å². The van der Waals surface area contributed by atoms with Crippen LogP contribution < -0.4 is 0 Å². The summed E-state index contributed by atoms with van der Waals surface area (Å²) in [5.41, 5.74) is 1.66. The SMILES string of the molecule is CC(C)C.F/C=C1\CC2N(CCC23CC3)C1. The first-order chi connectivity index (χ1) is 7.57. The lowest BCUT2D eigenvalue weighted by Gasteiger charge is -2.17. The molecular weight excluding hydrogens is 201 g/mol. The van der Waals surface area contributed by atoms with Crippen LogP contribution in [0.1, 0.15) is 46.5 Å². The van der Waals surface area contributed by atoms with E-state index in [4.69, 9.17) is 0 Å². The van der Waals surface area contributed by atoms with Gasteiger partial charge in [-0.1, -0.05) is 20.8 Å². The van der Waals surface area contributed by atoms with Gasteiger partial charge in [-0.05, 0) is 49.1 Å². The Bertz CT molecular complexity index is 276. The average molecular weight is 225 g/mol. The molecule has 2 saturated heterocycles. The third kappa shape index (κ3) is 2.32. The fraction of sp³-hybridized carbons (Fsp3) is 0.857. The van der Waals surface area contributed by atoms with E-state index in [1.165, 1.54) is 25.8 Å². The number of hydrogen-bond donors (Lipinski definition) is 0. The second kappa shape index (κ2) is 4.48. The fourth-order valence-corrected chi connectivity index (χ4v) is 3.01. The van der Waals surface area contributed by atoms with Crippen LogP contribution >= 0.6 is 0 Å². The molecule has 3 fully saturated rings. The predicted molar refractivity (Wildman–Crippen MR) is 66.0 cm³/mol. The van der Waals surface area contributed by atoms with Crippen molar-refractivity contribution in [1.29, 1.82) is 0 Å². The van der Waals surface area contributed by atoms with Crippen LogP contribution in [0.3, 0.4) is 0 Å². The van der Waals surface area contributed by atoms with Gasteiger partial charge in [-0.3, -0.25) is 4.90 Å². The van der Waals surface area contributed by atoms with E-state index in [9.17, 15) is 4.39 Å². The van der Waals surface area contributed by atoms with Crippen molar-refractivity contribution in [3.63, 3.8) is 0 Å². The van der Waals surface area contributed by atoms with E-state index in [0.29, 0.717) is 11.5 Å². The molecule has 1 atom stereocenters. The summed E-state index contributed by atoms with van der Waals surface area (Å²) in [7, 11) is 0. The van der Waals surface area contributed by atoms with Crippen molar-refractivity contribution < 1.29 is 4.39 Å². The summed E-state index contributed by atoms with van der Waals surface area (Å²) >= 11 is 0. The van der Waals surface area contributed by atoms with E-state index in [2.05, 4.69) is 25.7 Å². The predicted octanol–water partition coefficient (Wildman–Crippen LogP) is 3.76. The molecule has 1 unspecified atom stereocenters. The molecule has 1 aliphatic carbocycles. The molecule has 0 N–H and O–H groups in total. The Morgan fingerprint density at radius 2 is 1.94 bits per heavy atom. The fourth-order valence-electron chi connectivity index (χ4n) is 3.01. The zero-order valence-corrected chi connectivity index (χ0v) is 10.8. The Kier molecular flexibility index (Phi) is 3.39. The molecule has 0 amide bonds. The molecular formula is C14H24FN. The van der Waals surface area contributed by atoms with Gasteiger partial charge in [0.05, 0.1) is 6.33 Å². The molecule has 1 nitrogen and oxygen atoms in total. The number of nitrogens with zero attached hydrogens (tertiary/aromatic N) is 1. The summed E-state index contributed by atoms with van der Waals surface area (Å²) in [6.07, 6.45) is 6.00. The maximum atomic E-state index is 12.3. The average Bonchev–Trinajstić information content (AvgIpc) is 2.75. The Morgan fingerprint density at radius 1 is 1.31 bits per heavy atom. The van der Waals surface area contributed by atoms with Gasteiger partial charge >= 0.3 is 0 Å². The summed E-state index contributed by atoms with van der Waals surface area (Å²) in [5.74, 6) is 0.833. The van der Waals surface area contributed by atoms with Crippen LogP contribution in [0.15, 0.2) is 11.9 Å².